The van der Waals surface area contributed by atoms with Crippen molar-refractivity contribution in [2.24, 2.45) is 0 Å². The topological polar surface area (TPSA) is 81.1 Å². The lowest BCUT2D eigenvalue weighted by atomic mass is 10.2. The van der Waals surface area contributed by atoms with E-state index in [0.29, 0.717) is 20.9 Å². The van der Waals surface area contributed by atoms with Gasteiger partial charge in [0.05, 0.1) is 21.5 Å². The number of carbonyl (C=O) groups is 2. The van der Waals surface area contributed by atoms with Gasteiger partial charge in [0.2, 0.25) is 5.91 Å². The van der Waals surface area contributed by atoms with Crippen molar-refractivity contribution in [1.82, 2.24) is 14.9 Å². The fourth-order valence-corrected chi connectivity index (χ4v) is 4.08. The molecule has 0 spiro atoms. The molecule has 0 bridgehead atoms. The van der Waals surface area contributed by atoms with Gasteiger partial charge < -0.3 is 0 Å². The van der Waals surface area contributed by atoms with E-state index in [9.17, 15) is 14.4 Å². The molecule has 1 atom stereocenters. The molecule has 27 heavy (non-hydrogen) atoms. The van der Waals surface area contributed by atoms with E-state index >= 15 is 0 Å². The normalized spacial score (nSPS) is 12.1. The summed E-state index contributed by atoms with van der Waals surface area (Å²) in [4.78, 5) is 42.1. The molecule has 6 nitrogen and oxygen atoms in total. The Balaban J connectivity index is 1.82. The molecule has 1 aromatic carbocycles. The molecule has 0 saturated carbocycles. The van der Waals surface area contributed by atoms with Crippen LogP contribution in [0.2, 0.25) is 0 Å². The summed E-state index contributed by atoms with van der Waals surface area (Å²) in [5, 5.41) is 5.17. The van der Waals surface area contributed by atoms with Crippen molar-refractivity contribution in [3.8, 4) is 0 Å². The van der Waals surface area contributed by atoms with Crippen molar-refractivity contribution < 1.29 is 9.59 Å². The molecule has 2 heterocycles. The predicted octanol–water partition coefficient (Wildman–Crippen LogP) is 3.48. The zero-order chi connectivity index (χ0) is 19.4. The van der Waals surface area contributed by atoms with Gasteiger partial charge in [-0.15, -0.1) is 11.3 Å². The lowest BCUT2D eigenvalue weighted by Gasteiger charge is -2.18. The Hall–Kier alpha value is -2.45. The van der Waals surface area contributed by atoms with E-state index in [1.165, 1.54) is 11.3 Å². The third kappa shape index (κ3) is 4.28. The van der Waals surface area contributed by atoms with Crippen molar-refractivity contribution in [1.29, 1.82) is 0 Å². The van der Waals surface area contributed by atoms with Gasteiger partial charge in [-0.2, -0.15) is 0 Å². The molecule has 1 N–H and O–H groups in total. The van der Waals surface area contributed by atoms with Gasteiger partial charge in [-0.3, -0.25) is 24.3 Å². The Morgan fingerprint density at radius 3 is 2.74 bits per heavy atom. The average Bonchev–Trinajstić information content (AvgIpc) is 3.21. The lowest BCUT2D eigenvalue weighted by Crippen LogP contribution is -2.32. The predicted molar refractivity (Wildman–Crippen MR) is 109 cm³/mol. The Bertz CT molecular complexity index is 1030. The van der Waals surface area contributed by atoms with Gasteiger partial charge >= 0.3 is 0 Å². The summed E-state index contributed by atoms with van der Waals surface area (Å²) >= 11 is 2.43. The second-order valence-corrected chi connectivity index (χ2v) is 7.88. The average molecular weight is 402 g/mol. The molecule has 140 valence electrons. The van der Waals surface area contributed by atoms with Crippen molar-refractivity contribution in [2.75, 3.05) is 5.75 Å². The molecule has 3 rings (SSSR count). The number of benzene rings is 1. The Morgan fingerprint density at radius 1 is 1.26 bits per heavy atom. The number of rotatable bonds is 6. The zero-order valence-corrected chi connectivity index (χ0v) is 16.6. The molecule has 0 saturated heterocycles. The fourth-order valence-electron chi connectivity index (χ4n) is 2.56. The second-order valence-electron chi connectivity index (χ2n) is 5.99. The van der Waals surface area contributed by atoms with E-state index in [1.807, 2.05) is 26.0 Å². The van der Waals surface area contributed by atoms with Gasteiger partial charge in [-0.1, -0.05) is 36.9 Å². The molecular formula is C19H19N3O3S2. The fraction of sp³-hybridized carbons (Fsp3) is 0.263. The van der Waals surface area contributed by atoms with Crippen LogP contribution in [0.5, 0.6) is 0 Å². The number of thioether (sulfide) groups is 1. The second kappa shape index (κ2) is 8.49. The number of amides is 2. The number of fused-ring (bicyclic) bond motifs is 1. The first kappa shape index (κ1) is 19.3. The summed E-state index contributed by atoms with van der Waals surface area (Å²) in [6.45, 7) is 3.94. The number of nitrogens with zero attached hydrogens (tertiary/aromatic N) is 2. The first-order valence-electron chi connectivity index (χ1n) is 8.53. The van der Waals surface area contributed by atoms with E-state index in [1.54, 1.807) is 34.2 Å². The highest BCUT2D eigenvalue weighted by Crippen LogP contribution is 2.22. The van der Waals surface area contributed by atoms with Crippen LogP contribution in [0, 0.1) is 0 Å². The summed E-state index contributed by atoms with van der Waals surface area (Å²) in [7, 11) is 0. The van der Waals surface area contributed by atoms with Gasteiger partial charge in [0.1, 0.15) is 0 Å². The first-order valence-corrected chi connectivity index (χ1v) is 10.4. The van der Waals surface area contributed by atoms with E-state index in [4.69, 9.17) is 0 Å². The van der Waals surface area contributed by atoms with Gasteiger partial charge in [-0.05, 0) is 36.9 Å². The highest BCUT2D eigenvalue weighted by Gasteiger charge is 2.17. The van der Waals surface area contributed by atoms with Crippen molar-refractivity contribution in [3.63, 3.8) is 0 Å². The highest BCUT2D eigenvalue weighted by atomic mass is 32.2. The van der Waals surface area contributed by atoms with Gasteiger partial charge in [-0.25, -0.2) is 4.98 Å². The van der Waals surface area contributed by atoms with E-state index in [2.05, 4.69) is 10.3 Å². The van der Waals surface area contributed by atoms with Crippen molar-refractivity contribution >= 4 is 45.8 Å². The van der Waals surface area contributed by atoms with Crippen molar-refractivity contribution in [3.05, 3.63) is 57.0 Å². The van der Waals surface area contributed by atoms with Crippen molar-refractivity contribution in [2.45, 2.75) is 31.5 Å². The number of thiophene rings is 1. The van der Waals surface area contributed by atoms with Gasteiger partial charge in [0.25, 0.3) is 11.5 Å². The number of aromatic nitrogens is 2. The molecule has 3 aromatic rings. The minimum atomic E-state index is -0.420. The van der Waals surface area contributed by atoms with Crippen LogP contribution in [0.15, 0.2) is 51.7 Å². The maximum Gasteiger partial charge on any atom is 0.267 e. The van der Waals surface area contributed by atoms with Crippen LogP contribution in [0.1, 0.15) is 36.0 Å². The van der Waals surface area contributed by atoms with E-state index in [0.717, 1.165) is 18.2 Å². The summed E-state index contributed by atoms with van der Waals surface area (Å²) in [5.41, 5.74) is 0.479. The van der Waals surface area contributed by atoms with E-state index in [-0.39, 0.29) is 17.4 Å². The number of carbonyl (C=O) groups excluding carboxylic acids is 2. The van der Waals surface area contributed by atoms with Crippen LogP contribution in [0.3, 0.4) is 0 Å². The first-order chi connectivity index (χ1) is 13.0. The summed E-state index contributed by atoms with van der Waals surface area (Å²) in [5.74, 6) is -0.837. The molecule has 0 unspecified atom stereocenters. The van der Waals surface area contributed by atoms with Crippen LogP contribution in [0.25, 0.3) is 10.9 Å². The van der Waals surface area contributed by atoms with Gasteiger partial charge in [0.15, 0.2) is 5.16 Å². The Labute approximate surface area is 164 Å². The molecule has 2 amide bonds. The Kier molecular flexibility index (Phi) is 6.08. The minimum Gasteiger partial charge on any atom is -0.291 e. The van der Waals surface area contributed by atoms with E-state index < -0.39 is 11.8 Å². The minimum absolute atomic E-state index is 0.00166. The maximum atomic E-state index is 12.9. The SMILES string of the molecule is CC[C@@H](C)n1c(SCC(=O)NC(=O)c2cccs2)nc2ccccc2c1=O. The number of para-hydroxylation sites is 1. The number of hydrogen-bond acceptors (Lipinski definition) is 6. The highest BCUT2D eigenvalue weighted by molar-refractivity contribution is 7.99. The molecule has 0 aliphatic carbocycles. The standard InChI is InChI=1S/C19H19N3O3S2/c1-3-12(2)22-18(25)13-7-4-5-8-14(13)20-19(22)27-11-16(23)21-17(24)15-9-6-10-26-15/h4-10,12H,3,11H2,1-2H3,(H,21,23,24)/t12-/m1/s1. The smallest absolute Gasteiger partial charge is 0.267 e. The van der Waals surface area contributed by atoms with Crippen LogP contribution in [-0.2, 0) is 4.79 Å². The van der Waals surface area contributed by atoms with Crippen LogP contribution in [0.4, 0.5) is 0 Å². The largest absolute Gasteiger partial charge is 0.291 e. The molecule has 8 heteroatoms. The third-order valence-corrected chi connectivity index (χ3v) is 5.96. The summed E-state index contributed by atoms with van der Waals surface area (Å²) in [6.07, 6.45) is 0.760. The number of imide groups is 1. The molecule has 0 fully saturated rings. The molecule has 0 radical (unpaired) electrons. The summed E-state index contributed by atoms with van der Waals surface area (Å²) in [6, 6.07) is 10.5. The molecule has 0 aliphatic heterocycles. The maximum absolute atomic E-state index is 12.9. The molecular weight excluding hydrogens is 382 g/mol. The molecule has 2 aromatic heterocycles. The summed E-state index contributed by atoms with van der Waals surface area (Å²) < 4.78 is 1.63. The van der Waals surface area contributed by atoms with Gasteiger partial charge in [0, 0.05) is 6.04 Å². The quantitative estimate of drug-likeness (QED) is 0.505. The third-order valence-electron chi connectivity index (χ3n) is 4.14. The zero-order valence-electron chi connectivity index (χ0n) is 15.0. The lowest BCUT2D eigenvalue weighted by molar-refractivity contribution is -0.117. The van der Waals surface area contributed by atoms with Crippen LogP contribution < -0.4 is 10.9 Å². The number of nitrogens with one attached hydrogen (secondary N) is 1. The van der Waals surface area contributed by atoms with Crippen LogP contribution in [-0.4, -0.2) is 27.1 Å². The number of hydrogen-bond donors (Lipinski definition) is 1. The van der Waals surface area contributed by atoms with Crippen LogP contribution >= 0.6 is 23.1 Å². The Morgan fingerprint density at radius 2 is 2.04 bits per heavy atom. The molecule has 0 aliphatic rings. The monoisotopic (exact) mass is 401 g/mol.